The van der Waals surface area contributed by atoms with Crippen LogP contribution in [0.25, 0.3) is 0 Å². The van der Waals surface area contributed by atoms with Crippen molar-refractivity contribution in [2.45, 2.75) is 25.8 Å². The number of amides is 1. The summed E-state index contributed by atoms with van der Waals surface area (Å²) in [5, 5.41) is 0. The number of esters is 1. The van der Waals surface area contributed by atoms with Gasteiger partial charge in [0, 0.05) is 5.69 Å². The Hall–Kier alpha value is -2.88. The summed E-state index contributed by atoms with van der Waals surface area (Å²) in [6.07, 6.45) is 5.51. The molecule has 2 aromatic carbocycles. The molecule has 0 unspecified atom stereocenters. The van der Waals surface area contributed by atoms with Crippen molar-refractivity contribution >= 4 is 17.6 Å². The predicted molar refractivity (Wildman–Crippen MR) is 109 cm³/mol. The zero-order valence-electron chi connectivity index (χ0n) is 16.0. The SMILES string of the molecule is CCOC(=O)[C@@H]1CC=C[C@H]([C@H]2C(=O)N(c3ccccc3)[C@@H]2c2ccccc2)C1. The third-order valence-corrected chi connectivity index (χ3v) is 5.76. The molecule has 4 atom stereocenters. The van der Waals surface area contributed by atoms with Gasteiger partial charge in [-0.25, -0.2) is 0 Å². The highest BCUT2D eigenvalue weighted by Gasteiger charge is 2.52. The van der Waals surface area contributed by atoms with Gasteiger partial charge in [0.2, 0.25) is 5.91 Å². The first-order chi connectivity index (χ1) is 13.7. The fourth-order valence-electron chi connectivity index (χ4n) is 4.45. The molecular formula is C24H25NO3. The standard InChI is InChI=1S/C24H25NO3/c1-2-28-24(27)19-13-9-12-18(16-19)21-22(17-10-5-3-6-11-17)25(23(21)26)20-14-7-4-8-15-20/h3-12,14-15,18-19,21-22H,2,13,16H2,1H3/t18-,19+,21+,22+/m0/s1. The lowest BCUT2D eigenvalue weighted by Gasteiger charge is -2.50. The lowest BCUT2D eigenvalue weighted by molar-refractivity contribution is -0.149. The molecule has 0 radical (unpaired) electrons. The molecule has 4 heteroatoms. The molecule has 28 heavy (non-hydrogen) atoms. The van der Waals surface area contributed by atoms with Crippen molar-refractivity contribution < 1.29 is 14.3 Å². The molecule has 2 aromatic rings. The first kappa shape index (κ1) is 18.5. The normalized spacial score (nSPS) is 26.6. The lowest BCUT2D eigenvalue weighted by atomic mass is 9.69. The number of nitrogens with zero attached hydrogens (tertiary/aromatic N) is 1. The minimum Gasteiger partial charge on any atom is -0.466 e. The third kappa shape index (κ3) is 3.35. The highest BCUT2D eigenvalue weighted by atomic mass is 16.5. The molecule has 0 aromatic heterocycles. The Balaban J connectivity index is 1.63. The number of allylic oxidation sites excluding steroid dienone is 2. The van der Waals surface area contributed by atoms with E-state index in [4.69, 9.17) is 4.74 Å². The Labute approximate surface area is 165 Å². The summed E-state index contributed by atoms with van der Waals surface area (Å²) < 4.78 is 5.22. The van der Waals surface area contributed by atoms with E-state index in [1.807, 2.05) is 66.4 Å². The van der Waals surface area contributed by atoms with Gasteiger partial charge in [-0.05, 0) is 43.4 Å². The van der Waals surface area contributed by atoms with Crippen LogP contribution in [0.1, 0.15) is 31.4 Å². The van der Waals surface area contributed by atoms with Gasteiger partial charge in [0.15, 0.2) is 0 Å². The number of para-hydroxylation sites is 1. The van der Waals surface area contributed by atoms with Gasteiger partial charge in [0.25, 0.3) is 0 Å². The molecule has 0 N–H and O–H groups in total. The van der Waals surface area contributed by atoms with E-state index in [0.717, 1.165) is 11.3 Å². The fourth-order valence-corrected chi connectivity index (χ4v) is 4.45. The molecule has 0 saturated carbocycles. The number of carbonyl (C=O) groups is 2. The second kappa shape index (κ2) is 8.01. The van der Waals surface area contributed by atoms with Crippen molar-refractivity contribution in [1.82, 2.24) is 0 Å². The quantitative estimate of drug-likeness (QED) is 0.438. The maximum atomic E-state index is 13.2. The summed E-state index contributed by atoms with van der Waals surface area (Å²) in [4.78, 5) is 27.4. The second-order valence-electron chi connectivity index (χ2n) is 7.44. The summed E-state index contributed by atoms with van der Waals surface area (Å²) in [5.74, 6) is -0.305. The van der Waals surface area contributed by atoms with Crippen LogP contribution in [0.15, 0.2) is 72.8 Å². The van der Waals surface area contributed by atoms with Crippen LogP contribution in [-0.2, 0) is 14.3 Å². The molecule has 1 heterocycles. The molecule has 1 aliphatic carbocycles. The van der Waals surface area contributed by atoms with Gasteiger partial charge in [0.1, 0.15) is 0 Å². The van der Waals surface area contributed by atoms with E-state index in [-0.39, 0.29) is 35.7 Å². The predicted octanol–water partition coefficient (Wildman–Crippen LogP) is 4.54. The molecule has 1 fully saturated rings. The summed E-state index contributed by atoms with van der Waals surface area (Å²) in [6.45, 7) is 2.22. The van der Waals surface area contributed by atoms with Crippen LogP contribution >= 0.6 is 0 Å². The van der Waals surface area contributed by atoms with E-state index >= 15 is 0 Å². The number of rotatable bonds is 5. The summed E-state index contributed by atoms with van der Waals surface area (Å²) in [5.41, 5.74) is 2.04. The van der Waals surface area contributed by atoms with Crippen molar-refractivity contribution in [2.24, 2.45) is 17.8 Å². The Kier molecular flexibility index (Phi) is 5.29. The maximum Gasteiger partial charge on any atom is 0.309 e. The van der Waals surface area contributed by atoms with E-state index < -0.39 is 0 Å². The Bertz CT molecular complexity index is 862. The fraction of sp³-hybridized carbons (Fsp3) is 0.333. The van der Waals surface area contributed by atoms with Crippen molar-refractivity contribution in [3.05, 3.63) is 78.4 Å². The Morgan fingerprint density at radius 1 is 1.07 bits per heavy atom. The van der Waals surface area contributed by atoms with Gasteiger partial charge in [0.05, 0.1) is 24.5 Å². The van der Waals surface area contributed by atoms with E-state index in [2.05, 4.69) is 18.2 Å². The van der Waals surface area contributed by atoms with Crippen molar-refractivity contribution in [3.8, 4) is 0 Å². The molecule has 0 spiro atoms. The number of anilines is 1. The summed E-state index contributed by atoms with van der Waals surface area (Å²) in [6, 6.07) is 20.0. The highest BCUT2D eigenvalue weighted by Crippen LogP contribution is 2.49. The molecular weight excluding hydrogens is 350 g/mol. The molecule has 0 bridgehead atoms. The van der Waals surface area contributed by atoms with Crippen LogP contribution < -0.4 is 4.90 Å². The number of hydrogen-bond acceptors (Lipinski definition) is 3. The zero-order valence-corrected chi connectivity index (χ0v) is 16.0. The molecule has 4 nitrogen and oxygen atoms in total. The molecule has 2 aliphatic rings. The molecule has 1 saturated heterocycles. The van der Waals surface area contributed by atoms with Crippen molar-refractivity contribution in [3.63, 3.8) is 0 Å². The second-order valence-corrected chi connectivity index (χ2v) is 7.44. The first-order valence-corrected chi connectivity index (χ1v) is 9.97. The van der Waals surface area contributed by atoms with Gasteiger partial charge in [-0.15, -0.1) is 0 Å². The van der Waals surface area contributed by atoms with Gasteiger partial charge >= 0.3 is 5.97 Å². The minimum absolute atomic E-state index is 0.0216. The zero-order chi connectivity index (χ0) is 19.5. The number of carbonyl (C=O) groups excluding carboxylic acids is 2. The van der Waals surface area contributed by atoms with Crippen LogP contribution in [0, 0.1) is 17.8 Å². The van der Waals surface area contributed by atoms with E-state index in [0.29, 0.717) is 19.4 Å². The monoisotopic (exact) mass is 375 g/mol. The van der Waals surface area contributed by atoms with Crippen molar-refractivity contribution in [2.75, 3.05) is 11.5 Å². The van der Waals surface area contributed by atoms with Crippen molar-refractivity contribution in [1.29, 1.82) is 0 Å². The highest BCUT2D eigenvalue weighted by molar-refractivity contribution is 6.03. The van der Waals surface area contributed by atoms with E-state index in [1.165, 1.54) is 0 Å². The molecule has 4 rings (SSSR count). The van der Waals surface area contributed by atoms with Gasteiger partial charge in [-0.1, -0.05) is 60.7 Å². The summed E-state index contributed by atoms with van der Waals surface area (Å²) >= 11 is 0. The van der Waals surface area contributed by atoms with Crippen LogP contribution in [0.5, 0.6) is 0 Å². The van der Waals surface area contributed by atoms with Crippen LogP contribution in [0.3, 0.4) is 0 Å². The Morgan fingerprint density at radius 2 is 1.75 bits per heavy atom. The molecule has 1 amide bonds. The van der Waals surface area contributed by atoms with Crippen LogP contribution in [0.4, 0.5) is 5.69 Å². The average Bonchev–Trinajstić information content (AvgIpc) is 2.74. The van der Waals surface area contributed by atoms with Gasteiger partial charge in [-0.3, -0.25) is 9.59 Å². The average molecular weight is 375 g/mol. The maximum absolute atomic E-state index is 13.2. The van der Waals surface area contributed by atoms with Crippen LogP contribution in [0.2, 0.25) is 0 Å². The molecule has 144 valence electrons. The van der Waals surface area contributed by atoms with Crippen LogP contribution in [-0.4, -0.2) is 18.5 Å². The number of hydrogen-bond donors (Lipinski definition) is 0. The Morgan fingerprint density at radius 3 is 2.43 bits per heavy atom. The van der Waals surface area contributed by atoms with Gasteiger partial charge < -0.3 is 9.64 Å². The lowest BCUT2D eigenvalue weighted by Crippen LogP contribution is -2.58. The number of benzene rings is 2. The largest absolute Gasteiger partial charge is 0.466 e. The van der Waals surface area contributed by atoms with E-state index in [9.17, 15) is 9.59 Å². The number of β-lactam (4-membered cyclic amide) rings is 1. The smallest absolute Gasteiger partial charge is 0.309 e. The molecule has 1 aliphatic heterocycles. The third-order valence-electron chi connectivity index (χ3n) is 5.76. The summed E-state index contributed by atoms with van der Waals surface area (Å²) in [7, 11) is 0. The van der Waals surface area contributed by atoms with E-state index in [1.54, 1.807) is 0 Å². The van der Waals surface area contributed by atoms with Gasteiger partial charge in [-0.2, -0.15) is 0 Å². The topological polar surface area (TPSA) is 46.6 Å². The number of ether oxygens (including phenoxy) is 1. The first-order valence-electron chi connectivity index (χ1n) is 9.97. The minimum atomic E-state index is -0.162.